The van der Waals surface area contributed by atoms with E-state index in [1.807, 2.05) is 0 Å². The third-order valence-electron chi connectivity index (χ3n) is 3.98. The van der Waals surface area contributed by atoms with Gasteiger partial charge in [-0.05, 0) is 24.7 Å². The van der Waals surface area contributed by atoms with Gasteiger partial charge in [0.25, 0.3) is 0 Å². The van der Waals surface area contributed by atoms with E-state index >= 15 is 0 Å². The molecule has 3 N–H and O–H groups in total. The molecule has 1 fully saturated rings. The first kappa shape index (κ1) is 14.5. The van der Waals surface area contributed by atoms with E-state index in [0.717, 1.165) is 25.5 Å². The average molecular weight is 279 g/mol. The molecule has 7 heteroatoms. The number of hydrogen-bond donors (Lipinski definition) is 2. The molecule has 2 rings (SSSR count). The van der Waals surface area contributed by atoms with E-state index in [-0.39, 0.29) is 23.5 Å². The molecule has 0 spiro atoms. The van der Waals surface area contributed by atoms with Crippen LogP contribution in [0.5, 0.6) is 0 Å². The number of anilines is 2. The monoisotopic (exact) mass is 279 g/mol. The molecule has 2 atom stereocenters. The largest absolute Gasteiger partial charge is 0.368 e. The van der Waals surface area contributed by atoms with Crippen molar-refractivity contribution in [1.29, 1.82) is 0 Å². The van der Waals surface area contributed by atoms with Crippen molar-refractivity contribution in [2.45, 2.75) is 45.6 Å². The molecule has 7 nitrogen and oxygen atoms in total. The van der Waals surface area contributed by atoms with Crippen molar-refractivity contribution in [3.05, 3.63) is 16.3 Å². The van der Waals surface area contributed by atoms with Crippen LogP contribution in [0.4, 0.5) is 17.5 Å². The predicted molar refractivity (Wildman–Crippen MR) is 77.3 cm³/mol. The average Bonchev–Trinajstić information content (AvgIpc) is 2.38. The van der Waals surface area contributed by atoms with Crippen LogP contribution >= 0.6 is 0 Å². The van der Waals surface area contributed by atoms with E-state index in [9.17, 15) is 10.1 Å². The normalized spacial score (nSPS) is 22.8. The molecule has 1 aliphatic carbocycles. The Labute approximate surface area is 118 Å². The number of nitrogens with two attached hydrogens (primary N) is 1. The van der Waals surface area contributed by atoms with Crippen LogP contribution in [0.2, 0.25) is 0 Å². The van der Waals surface area contributed by atoms with Crippen LogP contribution in [0, 0.1) is 22.0 Å². The van der Waals surface area contributed by atoms with E-state index in [0.29, 0.717) is 11.8 Å². The Morgan fingerprint density at radius 1 is 1.45 bits per heavy atom. The minimum absolute atomic E-state index is 0.0509. The highest BCUT2D eigenvalue weighted by Crippen LogP contribution is 2.33. The van der Waals surface area contributed by atoms with E-state index in [2.05, 4.69) is 29.1 Å². The van der Waals surface area contributed by atoms with E-state index in [1.165, 1.54) is 6.42 Å². The van der Waals surface area contributed by atoms with Crippen LogP contribution in [0.25, 0.3) is 0 Å². The van der Waals surface area contributed by atoms with Crippen LogP contribution in [0.3, 0.4) is 0 Å². The fourth-order valence-electron chi connectivity index (χ4n) is 2.94. The first-order valence-electron chi connectivity index (χ1n) is 7.02. The zero-order valence-corrected chi connectivity index (χ0v) is 11.9. The summed E-state index contributed by atoms with van der Waals surface area (Å²) in [5.41, 5.74) is 5.42. The Kier molecular flexibility index (Phi) is 4.36. The molecule has 1 aromatic rings. The zero-order chi connectivity index (χ0) is 14.7. The number of nitro groups is 1. The van der Waals surface area contributed by atoms with E-state index in [4.69, 9.17) is 5.73 Å². The Morgan fingerprint density at radius 3 is 2.80 bits per heavy atom. The SMILES string of the molecule is CC(C)C1CCCCC1Nc1nc(N)ncc1[N+](=O)[O-]. The molecule has 1 heterocycles. The molecular weight excluding hydrogens is 258 g/mol. The Hall–Kier alpha value is -1.92. The van der Waals surface area contributed by atoms with Gasteiger partial charge < -0.3 is 11.1 Å². The van der Waals surface area contributed by atoms with Gasteiger partial charge in [-0.2, -0.15) is 4.98 Å². The van der Waals surface area contributed by atoms with E-state index < -0.39 is 4.92 Å². The molecule has 0 saturated heterocycles. The Balaban J connectivity index is 2.23. The Morgan fingerprint density at radius 2 is 2.15 bits per heavy atom. The number of nitrogen functional groups attached to an aromatic ring is 1. The van der Waals surface area contributed by atoms with Crippen LogP contribution in [-0.2, 0) is 0 Å². The second-order valence-electron chi connectivity index (χ2n) is 5.66. The van der Waals surface area contributed by atoms with Crippen molar-refractivity contribution in [2.75, 3.05) is 11.1 Å². The topological polar surface area (TPSA) is 107 Å². The van der Waals surface area contributed by atoms with Crippen LogP contribution in [0.15, 0.2) is 6.20 Å². The van der Waals surface area contributed by atoms with Gasteiger partial charge in [0.2, 0.25) is 11.8 Å². The van der Waals surface area contributed by atoms with Gasteiger partial charge in [0.05, 0.1) is 4.92 Å². The van der Waals surface area contributed by atoms with Crippen molar-refractivity contribution in [3.63, 3.8) is 0 Å². The van der Waals surface area contributed by atoms with Gasteiger partial charge in [-0.1, -0.05) is 26.7 Å². The fraction of sp³-hybridized carbons (Fsp3) is 0.692. The lowest BCUT2D eigenvalue weighted by molar-refractivity contribution is -0.384. The molecular formula is C13H21N5O2. The van der Waals surface area contributed by atoms with Crippen molar-refractivity contribution >= 4 is 17.5 Å². The number of aromatic nitrogens is 2. The molecule has 1 aromatic heterocycles. The molecule has 2 unspecified atom stereocenters. The van der Waals surface area contributed by atoms with Gasteiger partial charge in [0, 0.05) is 6.04 Å². The summed E-state index contributed by atoms with van der Waals surface area (Å²) in [6.45, 7) is 4.38. The van der Waals surface area contributed by atoms with Crippen molar-refractivity contribution in [3.8, 4) is 0 Å². The molecule has 110 valence electrons. The third kappa shape index (κ3) is 3.15. The molecule has 0 aromatic carbocycles. The summed E-state index contributed by atoms with van der Waals surface area (Å²) < 4.78 is 0. The lowest BCUT2D eigenvalue weighted by Crippen LogP contribution is -2.35. The van der Waals surface area contributed by atoms with Crippen molar-refractivity contribution < 1.29 is 4.92 Å². The lowest BCUT2D eigenvalue weighted by atomic mass is 9.78. The van der Waals surface area contributed by atoms with Crippen LogP contribution < -0.4 is 11.1 Å². The summed E-state index contributed by atoms with van der Waals surface area (Å²) in [4.78, 5) is 18.2. The van der Waals surface area contributed by atoms with Crippen LogP contribution in [-0.4, -0.2) is 20.9 Å². The highest BCUT2D eigenvalue weighted by molar-refractivity contribution is 5.56. The quantitative estimate of drug-likeness (QED) is 0.648. The number of hydrogen-bond acceptors (Lipinski definition) is 6. The van der Waals surface area contributed by atoms with Gasteiger partial charge in [-0.3, -0.25) is 10.1 Å². The van der Waals surface area contributed by atoms with Gasteiger partial charge in [0.15, 0.2) is 0 Å². The van der Waals surface area contributed by atoms with E-state index in [1.54, 1.807) is 0 Å². The molecule has 0 amide bonds. The van der Waals surface area contributed by atoms with Crippen LogP contribution in [0.1, 0.15) is 39.5 Å². The fourth-order valence-corrected chi connectivity index (χ4v) is 2.94. The molecule has 1 saturated carbocycles. The second kappa shape index (κ2) is 6.02. The minimum atomic E-state index is -0.477. The summed E-state index contributed by atoms with van der Waals surface area (Å²) in [5, 5.41) is 14.3. The highest BCUT2D eigenvalue weighted by atomic mass is 16.6. The summed E-state index contributed by atoms with van der Waals surface area (Å²) in [6, 6.07) is 0.205. The first-order chi connectivity index (χ1) is 9.49. The third-order valence-corrected chi connectivity index (χ3v) is 3.98. The van der Waals surface area contributed by atoms with Gasteiger partial charge in [-0.25, -0.2) is 4.98 Å². The first-order valence-corrected chi connectivity index (χ1v) is 7.02. The summed E-state index contributed by atoms with van der Waals surface area (Å²) >= 11 is 0. The predicted octanol–water partition coefficient (Wildman–Crippen LogP) is 2.59. The van der Waals surface area contributed by atoms with Gasteiger partial charge in [-0.15, -0.1) is 0 Å². The van der Waals surface area contributed by atoms with Crippen molar-refractivity contribution in [1.82, 2.24) is 9.97 Å². The molecule has 0 aliphatic heterocycles. The van der Waals surface area contributed by atoms with Gasteiger partial charge in [0.1, 0.15) is 6.20 Å². The number of rotatable bonds is 4. The maximum absolute atomic E-state index is 11.0. The summed E-state index contributed by atoms with van der Waals surface area (Å²) in [7, 11) is 0. The number of nitrogens with zero attached hydrogens (tertiary/aromatic N) is 3. The summed E-state index contributed by atoms with van der Waals surface area (Å²) in [5.74, 6) is 1.32. The zero-order valence-electron chi connectivity index (χ0n) is 11.9. The molecule has 0 bridgehead atoms. The molecule has 20 heavy (non-hydrogen) atoms. The van der Waals surface area contributed by atoms with Gasteiger partial charge >= 0.3 is 5.69 Å². The Bertz CT molecular complexity index is 492. The minimum Gasteiger partial charge on any atom is -0.368 e. The van der Waals surface area contributed by atoms with Crippen molar-refractivity contribution in [2.24, 2.45) is 11.8 Å². The standard InChI is InChI=1S/C13H21N5O2/c1-8(2)9-5-3-4-6-10(9)16-12-11(18(19)20)7-15-13(14)17-12/h7-10H,3-6H2,1-2H3,(H3,14,15,16,17). The highest BCUT2D eigenvalue weighted by Gasteiger charge is 2.29. The maximum Gasteiger partial charge on any atom is 0.329 e. The second-order valence-corrected chi connectivity index (χ2v) is 5.66. The number of nitrogens with one attached hydrogen (secondary N) is 1. The lowest BCUT2D eigenvalue weighted by Gasteiger charge is -2.35. The molecule has 0 radical (unpaired) electrons. The molecule has 1 aliphatic rings. The summed E-state index contributed by atoms with van der Waals surface area (Å²) in [6.07, 6.45) is 5.66. The smallest absolute Gasteiger partial charge is 0.329 e. The maximum atomic E-state index is 11.0.